The van der Waals surface area contributed by atoms with Crippen LogP contribution in [0.2, 0.25) is 5.02 Å². The number of nitro benzene ring substituents is 1. The standard InChI is InChI=1S/C15H21ClN2O2/c1-11-5-3-2-4-6-14(11)17-10-12-7-8-13(16)15(9-12)18(19)20/h7-9,11,14,17H,2-6,10H2,1H3. The molecule has 0 bridgehead atoms. The van der Waals surface area contributed by atoms with Crippen LogP contribution in [-0.2, 0) is 6.54 Å². The zero-order valence-electron chi connectivity index (χ0n) is 11.8. The van der Waals surface area contributed by atoms with Crippen molar-refractivity contribution in [3.8, 4) is 0 Å². The van der Waals surface area contributed by atoms with Crippen LogP contribution in [0.5, 0.6) is 0 Å². The molecule has 0 heterocycles. The summed E-state index contributed by atoms with van der Waals surface area (Å²) in [5, 5.41) is 14.6. The van der Waals surface area contributed by atoms with E-state index in [1.54, 1.807) is 12.1 Å². The van der Waals surface area contributed by atoms with Crippen LogP contribution in [0.25, 0.3) is 0 Å². The molecular weight excluding hydrogens is 276 g/mol. The Balaban J connectivity index is 1.99. The third-order valence-electron chi connectivity index (χ3n) is 4.14. The molecule has 0 spiro atoms. The molecule has 2 atom stereocenters. The van der Waals surface area contributed by atoms with Crippen molar-refractivity contribution in [1.82, 2.24) is 5.32 Å². The number of benzene rings is 1. The van der Waals surface area contributed by atoms with Crippen LogP contribution in [0.4, 0.5) is 5.69 Å². The van der Waals surface area contributed by atoms with Crippen LogP contribution in [0.15, 0.2) is 18.2 Å². The smallest absolute Gasteiger partial charge is 0.288 e. The Bertz CT molecular complexity index is 479. The lowest BCUT2D eigenvalue weighted by molar-refractivity contribution is -0.384. The molecule has 0 amide bonds. The Labute approximate surface area is 124 Å². The Morgan fingerprint density at radius 3 is 2.85 bits per heavy atom. The van der Waals surface area contributed by atoms with Gasteiger partial charge in [-0.2, -0.15) is 0 Å². The SMILES string of the molecule is CC1CCCCCC1NCc1ccc(Cl)c([N+](=O)[O-])c1. The van der Waals surface area contributed by atoms with Crippen LogP contribution in [0.3, 0.4) is 0 Å². The summed E-state index contributed by atoms with van der Waals surface area (Å²) in [5.41, 5.74) is 0.900. The lowest BCUT2D eigenvalue weighted by Gasteiger charge is -2.23. The van der Waals surface area contributed by atoms with Crippen molar-refractivity contribution in [3.05, 3.63) is 38.9 Å². The van der Waals surface area contributed by atoms with E-state index < -0.39 is 4.92 Å². The van der Waals surface area contributed by atoms with Gasteiger partial charge < -0.3 is 5.32 Å². The van der Waals surface area contributed by atoms with Crippen molar-refractivity contribution in [3.63, 3.8) is 0 Å². The second-order valence-electron chi connectivity index (χ2n) is 5.65. The molecule has 1 saturated carbocycles. The topological polar surface area (TPSA) is 55.2 Å². The number of halogens is 1. The minimum absolute atomic E-state index is 0.0140. The third-order valence-corrected chi connectivity index (χ3v) is 4.46. The van der Waals surface area contributed by atoms with Gasteiger partial charge in [-0.3, -0.25) is 10.1 Å². The maximum Gasteiger partial charge on any atom is 0.288 e. The maximum atomic E-state index is 10.9. The second kappa shape index (κ2) is 7.04. The van der Waals surface area contributed by atoms with Crippen molar-refractivity contribution in [2.24, 2.45) is 5.92 Å². The minimum atomic E-state index is -0.430. The lowest BCUT2D eigenvalue weighted by Crippen LogP contribution is -2.33. The van der Waals surface area contributed by atoms with Crippen LogP contribution >= 0.6 is 11.6 Å². The molecule has 1 fully saturated rings. The van der Waals surface area contributed by atoms with E-state index in [9.17, 15) is 10.1 Å². The van der Waals surface area contributed by atoms with E-state index in [-0.39, 0.29) is 10.7 Å². The van der Waals surface area contributed by atoms with E-state index >= 15 is 0 Å². The van der Waals surface area contributed by atoms with E-state index in [4.69, 9.17) is 11.6 Å². The number of nitrogens with zero attached hydrogens (tertiary/aromatic N) is 1. The summed E-state index contributed by atoms with van der Waals surface area (Å²) in [7, 11) is 0. The van der Waals surface area contributed by atoms with E-state index in [0.29, 0.717) is 18.5 Å². The molecule has 1 N–H and O–H groups in total. The predicted octanol–water partition coefficient (Wildman–Crippen LogP) is 4.31. The first-order valence-electron chi connectivity index (χ1n) is 7.24. The minimum Gasteiger partial charge on any atom is -0.310 e. The van der Waals surface area contributed by atoms with Crippen molar-refractivity contribution in [2.75, 3.05) is 0 Å². The lowest BCUT2D eigenvalue weighted by atomic mass is 9.97. The van der Waals surface area contributed by atoms with Gasteiger partial charge in [0.2, 0.25) is 0 Å². The summed E-state index contributed by atoms with van der Waals surface area (Å²) < 4.78 is 0. The predicted molar refractivity (Wildman–Crippen MR) is 81.0 cm³/mol. The summed E-state index contributed by atoms with van der Waals surface area (Å²) >= 11 is 5.82. The van der Waals surface area contributed by atoms with E-state index in [1.165, 1.54) is 32.1 Å². The molecule has 4 nitrogen and oxygen atoms in total. The summed E-state index contributed by atoms with van der Waals surface area (Å²) in [6, 6.07) is 5.53. The first-order chi connectivity index (χ1) is 9.58. The van der Waals surface area contributed by atoms with Gasteiger partial charge in [-0.1, -0.05) is 43.9 Å². The molecule has 2 unspecified atom stereocenters. The number of nitrogens with one attached hydrogen (secondary N) is 1. The van der Waals surface area contributed by atoms with Crippen LogP contribution < -0.4 is 5.32 Å². The third kappa shape index (κ3) is 3.93. The van der Waals surface area contributed by atoms with Crippen molar-refractivity contribution in [2.45, 2.75) is 51.6 Å². The zero-order chi connectivity index (χ0) is 14.5. The van der Waals surface area contributed by atoms with Crippen LogP contribution in [0.1, 0.15) is 44.6 Å². The molecule has 110 valence electrons. The molecule has 2 rings (SSSR count). The normalized spacial score (nSPS) is 23.3. The van der Waals surface area contributed by atoms with Gasteiger partial charge in [-0.15, -0.1) is 0 Å². The highest BCUT2D eigenvalue weighted by Crippen LogP contribution is 2.26. The molecule has 20 heavy (non-hydrogen) atoms. The van der Waals surface area contributed by atoms with Crippen molar-refractivity contribution in [1.29, 1.82) is 0 Å². The monoisotopic (exact) mass is 296 g/mol. The van der Waals surface area contributed by atoms with Gasteiger partial charge in [-0.25, -0.2) is 0 Å². The fourth-order valence-electron chi connectivity index (χ4n) is 2.85. The van der Waals surface area contributed by atoms with Gasteiger partial charge in [0.25, 0.3) is 5.69 Å². The molecule has 5 heteroatoms. The molecule has 1 aliphatic rings. The molecule has 1 aromatic carbocycles. The first kappa shape index (κ1) is 15.3. The van der Waals surface area contributed by atoms with E-state index in [1.807, 2.05) is 6.07 Å². The summed E-state index contributed by atoms with van der Waals surface area (Å²) in [6.45, 7) is 2.94. The van der Waals surface area contributed by atoms with Crippen molar-refractivity contribution >= 4 is 17.3 Å². The second-order valence-corrected chi connectivity index (χ2v) is 6.05. The molecule has 0 saturated heterocycles. The average molecular weight is 297 g/mol. The molecule has 0 aromatic heterocycles. The summed E-state index contributed by atoms with van der Waals surface area (Å²) in [4.78, 5) is 10.4. The van der Waals surface area contributed by atoms with E-state index in [2.05, 4.69) is 12.2 Å². The number of nitro groups is 1. The van der Waals surface area contributed by atoms with Gasteiger partial charge >= 0.3 is 0 Å². The average Bonchev–Trinajstić information content (AvgIpc) is 2.62. The first-order valence-corrected chi connectivity index (χ1v) is 7.62. The van der Waals surface area contributed by atoms with Crippen LogP contribution in [0, 0.1) is 16.0 Å². The van der Waals surface area contributed by atoms with Crippen LogP contribution in [-0.4, -0.2) is 11.0 Å². The van der Waals surface area contributed by atoms with Gasteiger partial charge in [0, 0.05) is 18.7 Å². The number of hydrogen-bond acceptors (Lipinski definition) is 3. The van der Waals surface area contributed by atoms with E-state index in [0.717, 1.165) is 5.56 Å². The number of rotatable bonds is 4. The Morgan fingerprint density at radius 1 is 1.35 bits per heavy atom. The summed E-state index contributed by atoms with van der Waals surface area (Å²) in [5.74, 6) is 0.666. The quantitative estimate of drug-likeness (QED) is 0.512. The molecular formula is C15H21ClN2O2. The van der Waals surface area contributed by atoms with Crippen molar-refractivity contribution < 1.29 is 4.92 Å². The zero-order valence-corrected chi connectivity index (χ0v) is 12.5. The Hall–Kier alpha value is -1.13. The Kier molecular flexibility index (Phi) is 5.38. The van der Waals surface area contributed by atoms with Gasteiger partial charge in [0.1, 0.15) is 5.02 Å². The fourth-order valence-corrected chi connectivity index (χ4v) is 3.04. The molecule has 0 aliphatic heterocycles. The van der Waals surface area contributed by atoms with Gasteiger partial charge in [-0.05, 0) is 30.4 Å². The summed E-state index contributed by atoms with van der Waals surface area (Å²) in [6.07, 6.45) is 6.35. The fraction of sp³-hybridized carbons (Fsp3) is 0.600. The molecule has 1 aliphatic carbocycles. The molecule has 0 radical (unpaired) electrons. The largest absolute Gasteiger partial charge is 0.310 e. The molecule has 1 aromatic rings. The maximum absolute atomic E-state index is 10.9. The van der Waals surface area contributed by atoms with Gasteiger partial charge in [0.15, 0.2) is 0 Å². The highest BCUT2D eigenvalue weighted by atomic mass is 35.5. The highest BCUT2D eigenvalue weighted by Gasteiger charge is 2.19. The highest BCUT2D eigenvalue weighted by molar-refractivity contribution is 6.32. The Morgan fingerprint density at radius 2 is 2.10 bits per heavy atom. The number of hydrogen-bond donors (Lipinski definition) is 1. The van der Waals surface area contributed by atoms with Gasteiger partial charge in [0.05, 0.1) is 4.92 Å².